The molecule has 0 spiro atoms. The summed E-state index contributed by atoms with van der Waals surface area (Å²) in [6.45, 7) is 4.29. The second kappa shape index (κ2) is 7.08. The van der Waals surface area contributed by atoms with E-state index in [1.807, 2.05) is 0 Å². The van der Waals surface area contributed by atoms with Gasteiger partial charge in [-0.15, -0.1) is 0 Å². The summed E-state index contributed by atoms with van der Waals surface area (Å²) in [4.78, 5) is 10.7. The van der Waals surface area contributed by atoms with Crippen molar-refractivity contribution in [3.05, 3.63) is 22.5 Å². The van der Waals surface area contributed by atoms with Crippen LogP contribution in [0.4, 0.5) is 0 Å². The molecule has 2 aliphatic rings. The molecule has 1 aromatic carbocycles. The van der Waals surface area contributed by atoms with Gasteiger partial charge in [-0.25, -0.2) is 9.97 Å². The van der Waals surface area contributed by atoms with Crippen LogP contribution in [0, 0.1) is 13.8 Å². The first kappa shape index (κ1) is 17.5. The highest BCUT2D eigenvalue weighted by Gasteiger charge is 2.28. The molecule has 0 bridgehead atoms. The van der Waals surface area contributed by atoms with E-state index < -0.39 is 0 Å². The van der Waals surface area contributed by atoms with Gasteiger partial charge in [-0.1, -0.05) is 38.5 Å². The smallest absolute Gasteiger partial charge is 0.110 e. The van der Waals surface area contributed by atoms with Crippen LogP contribution in [0.25, 0.3) is 22.1 Å². The van der Waals surface area contributed by atoms with E-state index in [0.29, 0.717) is 11.8 Å². The van der Waals surface area contributed by atoms with Crippen LogP contribution in [0.1, 0.15) is 98.6 Å². The van der Waals surface area contributed by atoms with Crippen LogP contribution in [0.15, 0.2) is 0 Å². The molecule has 3 aromatic rings. The summed E-state index contributed by atoms with van der Waals surface area (Å²) in [6, 6.07) is 0. The molecule has 2 saturated carbocycles. The van der Waals surface area contributed by atoms with Crippen molar-refractivity contribution in [1.82, 2.24) is 18.7 Å². The van der Waals surface area contributed by atoms with Crippen molar-refractivity contribution in [2.45, 2.75) is 89.9 Å². The lowest BCUT2D eigenvalue weighted by Gasteiger charge is -2.28. The zero-order valence-corrected chi connectivity index (χ0v) is 17.2. The topological polar surface area (TPSA) is 51.6 Å². The molecule has 2 heterocycles. The van der Waals surface area contributed by atoms with Crippen molar-refractivity contribution < 1.29 is 0 Å². The maximum absolute atomic E-state index is 5.34. The molecular formula is C22H28N4S. The normalized spacial score (nSPS) is 19.9. The van der Waals surface area contributed by atoms with E-state index in [-0.39, 0.29) is 0 Å². The minimum Gasteiger partial charge on any atom is -0.249 e. The fraction of sp³-hybridized carbons (Fsp3) is 0.636. The van der Waals surface area contributed by atoms with Gasteiger partial charge in [-0.05, 0) is 39.5 Å². The standard InChI is InChI=1S/C22H28N4S/c1-13-17-18(14(2)20-19(13)25-27-26-20)24-22(16-11-7-4-8-12-16)21(23-17)15-9-5-3-6-10-15/h15-16H,3-12H2,1-2H3. The van der Waals surface area contributed by atoms with Crippen LogP contribution >= 0.6 is 11.7 Å². The average Bonchev–Trinajstić information content (AvgIpc) is 3.23. The van der Waals surface area contributed by atoms with Crippen molar-refractivity contribution in [3.8, 4) is 0 Å². The number of fused-ring (bicyclic) bond motifs is 2. The van der Waals surface area contributed by atoms with Crippen molar-refractivity contribution in [2.75, 3.05) is 0 Å². The highest BCUT2D eigenvalue weighted by atomic mass is 32.1. The third-order valence-electron chi connectivity index (χ3n) is 6.84. The van der Waals surface area contributed by atoms with Crippen LogP contribution in [-0.4, -0.2) is 18.7 Å². The molecule has 0 radical (unpaired) electrons. The second-order valence-electron chi connectivity index (χ2n) is 8.57. The summed E-state index contributed by atoms with van der Waals surface area (Å²) < 4.78 is 9.09. The molecule has 2 aromatic heterocycles. The summed E-state index contributed by atoms with van der Waals surface area (Å²) in [6.07, 6.45) is 13.2. The third-order valence-corrected chi connectivity index (χ3v) is 7.37. The van der Waals surface area contributed by atoms with E-state index in [1.54, 1.807) is 0 Å². The fourth-order valence-corrected chi connectivity index (χ4v) is 5.89. The van der Waals surface area contributed by atoms with Crippen LogP contribution < -0.4 is 0 Å². The van der Waals surface area contributed by atoms with Gasteiger partial charge in [0, 0.05) is 23.0 Å². The van der Waals surface area contributed by atoms with Gasteiger partial charge in [0.1, 0.15) is 11.0 Å². The molecule has 0 amide bonds. The number of aryl methyl sites for hydroxylation is 2. The molecule has 0 atom stereocenters. The van der Waals surface area contributed by atoms with Gasteiger partial charge in [0.25, 0.3) is 0 Å². The Morgan fingerprint density at radius 3 is 1.41 bits per heavy atom. The van der Waals surface area contributed by atoms with Gasteiger partial charge in [-0.2, -0.15) is 8.75 Å². The number of rotatable bonds is 2. The lowest BCUT2D eigenvalue weighted by atomic mass is 9.80. The Balaban J connectivity index is 1.75. The van der Waals surface area contributed by atoms with Gasteiger partial charge in [0.15, 0.2) is 0 Å². The average molecular weight is 381 g/mol. The predicted octanol–water partition coefficient (Wildman–Crippen LogP) is 6.35. The SMILES string of the molecule is Cc1c2nsnc2c(C)c2nc(C3CCCCC3)c(C3CCCCC3)nc12. The van der Waals surface area contributed by atoms with Crippen molar-refractivity contribution >= 4 is 33.8 Å². The molecule has 2 aliphatic carbocycles. The zero-order chi connectivity index (χ0) is 18.4. The van der Waals surface area contributed by atoms with E-state index in [2.05, 4.69) is 22.6 Å². The summed E-state index contributed by atoms with van der Waals surface area (Å²) in [5.41, 5.74) is 9.09. The van der Waals surface area contributed by atoms with Gasteiger partial charge in [0.2, 0.25) is 0 Å². The van der Waals surface area contributed by atoms with Gasteiger partial charge in [0.05, 0.1) is 34.1 Å². The van der Waals surface area contributed by atoms with E-state index in [1.165, 1.54) is 87.3 Å². The number of benzene rings is 1. The van der Waals surface area contributed by atoms with Gasteiger partial charge in [-0.3, -0.25) is 0 Å². The molecule has 5 rings (SSSR count). The van der Waals surface area contributed by atoms with Gasteiger partial charge < -0.3 is 0 Å². The summed E-state index contributed by atoms with van der Waals surface area (Å²) in [5, 5.41) is 0. The Hall–Kier alpha value is -1.62. The molecule has 0 N–H and O–H groups in total. The van der Waals surface area contributed by atoms with Crippen molar-refractivity contribution in [1.29, 1.82) is 0 Å². The Bertz CT molecular complexity index is 904. The Kier molecular flexibility index (Phi) is 4.58. The lowest BCUT2D eigenvalue weighted by molar-refractivity contribution is 0.408. The first-order valence-corrected chi connectivity index (χ1v) is 11.4. The first-order chi connectivity index (χ1) is 13.2. The molecule has 0 aliphatic heterocycles. The van der Waals surface area contributed by atoms with Crippen molar-refractivity contribution in [2.24, 2.45) is 0 Å². The van der Waals surface area contributed by atoms with Gasteiger partial charge >= 0.3 is 0 Å². The summed E-state index contributed by atoms with van der Waals surface area (Å²) >= 11 is 1.30. The van der Waals surface area contributed by atoms with Crippen molar-refractivity contribution in [3.63, 3.8) is 0 Å². The highest BCUT2D eigenvalue weighted by molar-refractivity contribution is 7.00. The minimum atomic E-state index is 0.594. The van der Waals surface area contributed by atoms with Crippen LogP contribution in [0.3, 0.4) is 0 Å². The Labute approximate surface area is 165 Å². The van der Waals surface area contributed by atoms with E-state index in [4.69, 9.17) is 9.97 Å². The maximum atomic E-state index is 5.34. The first-order valence-electron chi connectivity index (χ1n) is 10.7. The van der Waals surface area contributed by atoms with E-state index >= 15 is 0 Å². The molecule has 2 fully saturated rings. The number of hydrogen-bond donors (Lipinski definition) is 0. The molecule has 5 heteroatoms. The highest BCUT2D eigenvalue weighted by Crippen LogP contribution is 2.41. The third kappa shape index (κ3) is 2.95. The maximum Gasteiger partial charge on any atom is 0.110 e. The largest absolute Gasteiger partial charge is 0.249 e. The van der Waals surface area contributed by atoms with E-state index in [0.717, 1.165) is 33.2 Å². The summed E-state index contributed by atoms with van der Waals surface area (Å²) in [5.74, 6) is 1.19. The fourth-order valence-electron chi connectivity index (χ4n) is 5.24. The van der Waals surface area contributed by atoms with Crippen LogP contribution in [0.2, 0.25) is 0 Å². The molecule has 27 heavy (non-hydrogen) atoms. The number of hydrogen-bond acceptors (Lipinski definition) is 5. The molecule has 0 saturated heterocycles. The molecule has 0 unspecified atom stereocenters. The number of aromatic nitrogens is 4. The second-order valence-corrected chi connectivity index (χ2v) is 9.10. The van der Waals surface area contributed by atoms with Crippen LogP contribution in [-0.2, 0) is 0 Å². The monoisotopic (exact) mass is 380 g/mol. The Morgan fingerprint density at radius 1 is 0.593 bits per heavy atom. The lowest BCUT2D eigenvalue weighted by Crippen LogP contribution is -2.16. The predicted molar refractivity (Wildman–Crippen MR) is 112 cm³/mol. The molecule has 142 valence electrons. The van der Waals surface area contributed by atoms with E-state index in [9.17, 15) is 0 Å². The quantitative estimate of drug-likeness (QED) is 0.520. The Morgan fingerprint density at radius 2 is 1.00 bits per heavy atom. The zero-order valence-electron chi connectivity index (χ0n) is 16.4. The number of nitrogens with zero attached hydrogens (tertiary/aromatic N) is 4. The molecular weight excluding hydrogens is 352 g/mol. The summed E-state index contributed by atoms with van der Waals surface area (Å²) in [7, 11) is 0. The van der Waals surface area contributed by atoms with Crippen LogP contribution in [0.5, 0.6) is 0 Å². The molecule has 4 nitrogen and oxygen atoms in total. The minimum absolute atomic E-state index is 0.594.